The van der Waals surface area contributed by atoms with E-state index in [1.807, 2.05) is 0 Å². The number of thioether (sulfide) groups is 1. The molecule has 1 saturated heterocycles. The fraction of sp³-hybridized carbons (Fsp3) is 0.450. The molecule has 0 saturated carbocycles. The number of ether oxygens (including phenoxy) is 1. The fourth-order valence-corrected chi connectivity index (χ4v) is 5.22. The SMILES string of the molecule is CC=C(C(=O)NC1C(=O)N2C(C(=O)O)=C(C)CS[C@@H]12)c1csc(NC(=O)OC(C)(C)C)n1. The molecule has 2 aliphatic rings. The Morgan fingerprint density at radius 3 is 2.62 bits per heavy atom. The Balaban J connectivity index is 1.67. The summed E-state index contributed by atoms with van der Waals surface area (Å²) >= 11 is 2.53. The predicted octanol–water partition coefficient (Wildman–Crippen LogP) is 2.65. The van der Waals surface area contributed by atoms with Crippen molar-refractivity contribution < 1.29 is 29.0 Å². The van der Waals surface area contributed by atoms with E-state index in [-0.39, 0.29) is 16.4 Å². The van der Waals surface area contributed by atoms with Crippen molar-refractivity contribution in [3.63, 3.8) is 0 Å². The van der Waals surface area contributed by atoms with Gasteiger partial charge in [0.2, 0.25) is 0 Å². The number of β-lactam (4-membered cyclic amide) rings is 1. The zero-order valence-electron chi connectivity index (χ0n) is 18.2. The number of nitrogens with zero attached hydrogens (tertiary/aromatic N) is 2. The number of aromatic nitrogens is 1. The van der Waals surface area contributed by atoms with Crippen molar-refractivity contribution >= 4 is 57.7 Å². The average Bonchev–Trinajstić information content (AvgIpc) is 3.12. The van der Waals surface area contributed by atoms with Gasteiger partial charge in [-0.3, -0.25) is 19.8 Å². The molecule has 0 radical (unpaired) electrons. The van der Waals surface area contributed by atoms with Crippen molar-refractivity contribution in [1.29, 1.82) is 0 Å². The maximum Gasteiger partial charge on any atom is 0.413 e. The highest BCUT2D eigenvalue weighted by atomic mass is 32.2. The number of carboxylic acid groups (broad SMARTS) is 1. The summed E-state index contributed by atoms with van der Waals surface area (Å²) in [6.45, 7) is 8.56. The second-order valence-electron chi connectivity index (χ2n) is 8.16. The summed E-state index contributed by atoms with van der Waals surface area (Å²) in [5.41, 5.74) is 0.498. The van der Waals surface area contributed by atoms with Crippen LogP contribution in [0, 0.1) is 0 Å². The van der Waals surface area contributed by atoms with Gasteiger partial charge in [-0.25, -0.2) is 14.6 Å². The second kappa shape index (κ2) is 8.94. The summed E-state index contributed by atoms with van der Waals surface area (Å²) < 4.78 is 5.19. The van der Waals surface area contributed by atoms with Gasteiger partial charge in [0.1, 0.15) is 22.7 Å². The smallest absolute Gasteiger partial charge is 0.413 e. The Morgan fingerprint density at radius 1 is 1.34 bits per heavy atom. The van der Waals surface area contributed by atoms with E-state index in [9.17, 15) is 24.3 Å². The van der Waals surface area contributed by atoms with Gasteiger partial charge in [0.25, 0.3) is 11.8 Å². The number of fused-ring (bicyclic) bond motifs is 1. The maximum atomic E-state index is 12.9. The number of carboxylic acids is 1. The number of anilines is 1. The third-order valence-electron chi connectivity index (χ3n) is 4.57. The molecule has 1 fully saturated rings. The van der Waals surface area contributed by atoms with E-state index in [1.54, 1.807) is 46.1 Å². The van der Waals surface area contributed by atoms with E-state index in [0.29, 0.717) is 17.0 Å². The Labute approximate surface area is 193 Å². The molecule has 1 aromatic heterocycles. The van der Waals surface area contributed by atoms with Gasteiger partial charge < -0.3 is 15.2 Å². The summed E-state index contributed by atoms with van der Waals surface area (Å²) in [6, 6.07) is -0.831. The van der Waals surface area contributed by atoms with Gasteiger partial charge in [-0.15, -0.1) is 23.1 Å². The van der Waals surface area contributed by atoms with Gasteiger partial charge >= 0.3 is 12.1 Å². The Bertz CT molecular complexity index is 1040. The first kappa shape index (κ1) is 23.8. The van der Waals surface area contributed by atoms with E-state index >= 15 is 0 Å². The van der Waals surface area contributed by atoms with Crippen LogP contribution >= 0.6 is 23.1 Å². The number of aliphatic carboxylic acids is 1. The van der Waals surface area contributed by atoms with E-state index in [0.717, 1.165) is 11.3 Å². The highest BCUT2D eigenvalue weighted by Crippen LogP contribution is 2.40. The molecule has 2 atom stereocenters. The van der Waals surface area contributed by atoms with Crippen LogP contribution in [0.4, 0.5) is 9.93 Å². The lowest BCUT2D eigenvalue weighted by Gasteiger charge is -2.49. The van der Waals surface area contributed by atoms with Crippen LogP contribution in [-0.4, -0.2) is 61.6 Å². The van der Waals surface area contributed by atoms with Crippen LogP contribution in [0.2, 0.25) is 0 Å². The minimum absolute atomic E-state index is 0.0205. The number of amides is 3. The molecule has 3 heterocycles. The Kier molecular flexibility index (Phi) is 6.65. The highest BCUT2D eigenvalue weighted by Gasteiger charge is 2.53. The first-order valence-corrected chi connectivity index (χ1v) is 11.7. The van der Waals surface area contributed by atoms with Crippen LogP contribution in [0.5, 0.6) is 0 Å². The van der Waals surface area contributed by atoms with Crippen molar-refractivity contribution in [2.75, 3.05) is 11.1 Å². The Morgan fingerprint density at radius 2 is 2.03 bits per heavy atom. The van der Waals surface area contributed by atoms with Crippen molar-refractivity contribution in [1.82, 2.24) is 15.2 Å². The standard InChI is InChI=1S/C20H24N4O6S2/c1-6-10(11-8-32-18(21-11)23-19(29)30-20(3,4)5)14(25)22-12-15(26)24-13(17(27)28)9(2)7-31-16(12)24/h6,8,12,16H,7H2,1-5H3,(H,22,25)(H,27,28)(H,21,23,29)/t12?,16-/m0/s1. The number of hydrogen-bond donors (Lipinski definition) is 3. The molecule has 0 aromatic carbocycles. The van der Waals surface area contributed by atoms with E-state index in [1.165, 1.54) is 16.7 Å². The molecule has 3 N–H and O–H groups in total. The van der Waals surface area contributed by atoms with Crippen LogP contribution < -0.4 is 10.6 Å². The van der Waals surface area contributed by atoms with Crippen molar-refractivity contribution in [3.8, 4) is 0 Å². The summed E-state index contributed by atoms with van der Waals surface area (Å²) in [6.07, 6.45) is 0.903. The zero-order valence-corrected chi connectivity index (χ0v) is 19.8. The number of rotatable bonds is 5. The molecule has 0 aliphatic carbocycles. The summed E-state index contributed by atoms with van der Waals surface area (Å²) in [4.78, 5) is 54.4. The molecule has 12 heteroatoms. The summed E-state index contributed by atoms with van der Waals surface area (Å²) in [5, 5.41) is 16.0. The molecule has 3 amide bonds. The molecule has 0 bridgehead atoms. The molecule has 1 aromatic rings. The lowest BCUT2D eigenvalue weighted by molar-refractivity contribution is -0.150. The molecule has 172 valence electrons. The quantitative estimate of drug-likeness (QED) is 0.432. The first-order chi connectivity index (χ1) is 14.9. The lowest BCUT2D eigenvalue weighted by Crippen LogP contribution is -2.70. The van der Waals surface area contributed by atoms with Gasteiger partial charge in [0, 0.05) is 11.1 Å². The fourth-order valence-electron chi connectivity index (χ4n) is 3.24. The summed E-state index contributed by atoms with van der Waals surface area (Å²) in [7, 11) is 0. The normalized spacial score (nSPS) is 21.0. The minimum Gasteiger partial charge on any atom is -0.477 e. The third-order valence-corrected chi connectivity index (χ3v) is 6.75. The number of carbonyl (C=O) groups excluding carboxylic acids is 3. The van der Waals surface area contributed by atoms with Gasteiger partial charge in [0.15, 0.2) is 5.13 Å². The van der Waals surface area contributed by atoms with Crippen LogP contribution in [0.3, 0.4) is 0 Å². The number of hydrogen-bond acceptors (Lipinski definition) is 8. The van der Waals surface area contributed by atoms with Crippen LogP contribution in [0.25, 0.3) is 5.57 Å². The molecule has 0 spiro atoms. The molecule has 1 unspecified atom stereocenters. The highest BCUT2D eigenvalue weighted by molar-refractivity contribution is 8.00. The topological polar surface area (TPSA) is 138 Å². The third kappa shape index (κ3) is 4.80. The van der Waals surface area contributed by atoms with E-state index < -0.39 is 40.9 Å². The van der Waals surface area contributed by atoms with Gasteiger partial charge in [0.05, 0.1) is 11.3 Å². The largest absolute Gasteiger partial charge is 0.477 e. The molecular weight excluding hydrogens is 456 g/mol. The number of allylic oxidation sites excluding steroid dienone is 1. The monoisotopic (exact) mass is 480 g/mol. The lowest BCUT2D eigenvalue weighted by atomic mass is 10.0. The van der Waals surface area contributed by atoms with Crippen LogP contribution in [0.1, 0.15) is 40.3 Å². The van der Waals surface area contributed by atoms with Crippen LogP contribution in [0.15, 0.2) is 22.7 Å². The molecule has 32 heavy (non-hydrogen) atoms. The van der Waals surface area contributed by atoms with E-state index in [2.05, 4.69) is 15.6 Å². The molecule has 2 aliphatic heterocycles. The second-order valence-corrected chi connectivity index (χ2v) is 10.1. The van der Waals surface area contributed by atoms with Crippen LogP contribution in [-0.2, 0) is 19.1 Å². The molecule has 3 rings (SSSR count). The molecular formula is C20H24N4O6S2. The van der Waals surface area contributed by atoms with Gasteiger partial charge in [-0.1, -0.05) is 6.08 Å². The summed E-state index contributed by atoms with van der Waals surface area (Å²) in [5.74, 6) is -1.67. The first-order valence-electron chi connectivity index (χ1n) is 9.73. The average molecular weight is 481 g/mol. The maximum absolute atomic E-state index is 12.9. The molecule has 10 nitrogen and oxygen atoms in total. The minimum atomic E-state index is -1.16. The predicted molar refractivity (Wildman–Crippen MR) is 121 cm³/mol. The number of thiazole rings is 1. The van der Waals surface area contributed by atoms with Crippen molar-refractivity contribution in [2.45, 2.75) is 51.6 Å². The number of nitrogens with one attached hydrogen (secondary N) is 2. The number of carbonyl (C=O) groups is 4. The van der Waals surface area contributed by atoms with Gasteiger partial charge in [-0.05, 0) is 40.2 Å². The van der Waals surface area contributed by atoms with Crippen molar-refractivity contribution in [3.05, 3.63) is 28.4 Å². The van der Waals surface area contributed by atoms with E-state index in [4.69, 9.17) is 4.74 Å². The van der Waals surface area contributed by atoms with Crippen molar-refractivity contribution in [2.24, 2.45) is 0 Å². The zero-order chi connectivity index (χ0) is 23.8. The Hall–Kier alpha value is -2.86. The van der Waals surface area contributed by atoms with Gasteiger partial charge in [-0.2, -0.15) is 0 Å².